The summed E-state index contributed by atoms with van der Waals surface area (Å²) < 4.78 is 1.17. The summed E-state index contributed by atoms with van der Waals surface area (Å²) in [6.45, 7) is 2.46. The standard InChI is InChI=1S/C15H18N4O2S/c20-13(9-19-8-7-17-14(21)10-19)16-6-5-15-18-11-3-1-2-4-12(11)22-15/h1-4H,5-10H2,(H,16,20)(H,17,21). The molecule has 1 aromatic carbocycles. The third-order valence-electron chi connectivity index (χ3n) is 3.48. The van der Waals surface area contributed by atoms with Crippen molar-refractivity contribution in [3.63, 3.8) is 0 Å². The predicted molar refractivity (Wildman–Crippen MR) is 85.8 cm³/mol. The van der Waals surface area contributed by atoms with Crippen molar-refractivity contribution in [2.45, 2.75) is 6.42 Å². The third-order valence-corrected chi connectivity index (χ3v) is 4.58. The van der Waals surface area contributed by atoms with Gasteiger partial charge in [-0.05, 0) is 12.1 Å². The number of amides is 2. The largest absolute Gasteiger partial charge is 0.355 e. The lowest BCUT2D eigenvalue weighted by Gasteiger charge is -2.25. The zero-order chi connectivity index (χ0) is 15.4. The average molecular weight is 318 g/mol. The molecule has 2 heterocycles. The Labute approximate surface area is 132 Å². The lowest BCUT2D eigenvalue weighted by atomic mass is 10.3. The van der Waals surface area contributed by atoms with Crippen LogP contribution in [0.4, 0.5) is 0 Å². The molecule has 0 saturated carbocycles. The topological polar surface area (TPSA) is 74.3 Å². The van der Waals surface area contributed by atoms with Crippen molar-refractivity contribution in [1.82, 2.24) is 20.5 Å². The molecule has 0 bridgehead atoms. The SMILES string of the molecule is O=C(CN1CCNC(=O)C1)NCCc1nc2ccccc2s1. The quantitative estimate of drug-likeness (QED) is 0.836. The molecule has 1 aliphatic rings. The van der Waals surface area contributed by atoms with E-state index in [9.17, 15) is 9.59 Å². The van der Waals surface area contributed by atoms with Crippen molar-refractivity contribution in [3.8, 4) is 0 Å². The molecule has 2 amide bonds. The second-order valence-corrected chi connectivity index (χ2v) is 6.35. The van der Waals surface area contributed by atoms with E-state index in [1.807, 2.05) is 23.1 Å². The maximum atomic E-state index is 11.9. The number of carbonyl (C=O) groups excluding carboxylic acids is 2. The Kier molecular flexibility index (Phi) is 4.65. The Bertz CT molecular complexity index is 652. The number of hydrogen-bond acceptors (Lipinski definition) is 5. The summed E-state index contributed by atoms with van der Waals surface area (Å²) in [7, 11) is 0. The summed E-state index contributed by atoms with van der Waals surface area (Å²) in [4.78, 5) is 29.5. The zero-order valence-electron chi connectivity index (χ0n) is 12.2. The van der Waals surface area contributed by atoms with Crippen molar-refractivity contribution in [3.05, 3.63) is 29.3 Å². The summed E-state index contributed by atoms with van der Waals surface area (Å²) in [6.07, 6.45) is 0.728. The highest BCUT2D eigenvalue weighted by Crippen LogP contribution is 2.21. The van der Waals surface area contributed by atoms with E-state index in [4.69, 9.17) is 0 Å². The van der Waals surface area contributed by atoms with Gasteiger partial charge in [-0.2, -0.15) is 0 Å². The van der Waals surface area contributed by atoms with E-state index in [2.05, 4.69) is 21.7 Å². The maximum absolute atomic E-state index is 11.9. The van der Waals surface area contributed by atoms with Gasteiger partial charge in [-0.25, -0.2) is 4.98 Å². The number of aromatic nitrogens is 1. The van der Waals surface area contributed by atoms with Gasteiger partial charge in [0.05, 0.1) is 28.3 Å². The molecular formula is C15H18N4O2S. The van der Waals surface area contributed by atoms with E-state index in [1.54, 1.807) is 11.3 Å². The van der Waals surface area contributed by atoms with Gasteiger partial charge in [-0.1, -0.05) is 12.1 Å². The van der Waals surface area contributed by atoms with Crippen LogP contribution in [0.1, 0.15) is 5.01 Å². The van der Waals surface area contributed by atoms with E-state index < -0.39 is 0 Å². The average Bonchev–Trinajstić information content (AvgIpc) is 2.90. The molecule has 2 N–H and O–H groups in total. The van der Waals surface area contributed by atoms with Crippen LogP contribution in [0.15, 0.2) is 24.3 Å². The number of nitrogens with zero attached hydrogens (tertiary/aromatic N) is 2. The Morgan fingerprint density at radius 2 is 2.27 bits per heavy atom. The summed E-state index contributed by atoms with van der Waals surface area (Å²) in [5.74, 6) is -0.0654. The monoisotopic (exact) mass is 318 g/mol. The van der Waals surface area contributed by atoms with E-state index in [-0.39, 0.29) is 18.4 Å². The fourth-order valence-electron chi connectivity index (χ4n) is 2.42. The minimum atomic E-state index is -0.0455. The second-order valence-electron chi connectivity index (χ2n) is 5.24. The van der Waals surface area contributed by atoms with Gasteiger partial charge in [0.25, 0.3) is 0 Å². The van der Waals surface area contributed by atoms with Crippen molar-refractivity contribution in [2.75, 3.05) is 32.7 Å². The maximum Gasteiger partial charge on any atom is 0.234 e. The fourth-order valence-corrected chi connectivity index (χ4v) is 3.39. The molecule has 0 aliphatic carbocycles. The zero-order valence-corrected chi connectivity index (χ0v) is 13.0. The summed E-state index contributed by atoms with van der Waals surface area (Å²) in [5.41, 5.74) is 1.01. The van der Waals surface area contributed by atoms with Gasteiger partial charge >= 0.3 is 0 Å². The number of rotatable bonds is 5. The molecule has 0 radical (unpaired) electrons. The number of piperazine rings is 1. The number of benzene rings is 1. The predicted octanol–water partition coefficient (Wildman–Crippen LogP) is 0.387. The molecule has 2 aromatic rings. The number of nitrogens with one attached hydrogen (secondary N) is 2. The van der Waals surface area contributed by atoms with Crippen molar-refractivity contribution in [1.29, 1.82) is 0 Å². The van der Waals surface area contributed by atoms with Crippen LogP contribution in [0.2, 0.25) is 0 Å². The molecule has 3 rings (SSSR count). The summed E-state index contributed by atoms with van der Waals surface area (Å²) in [5, 5.41) is 6.66. The van der Waals surface area contributed by atoms with Gasteiger partial charge in [-0.15, -0.1) is 11.3 Å². The second kappa shape index (κ2) is 6.85. The lowest BCUT2D eigenvalue weighted by Crippen LogP contribution is -2.50. The van der Waals surface area contributed by atoms with Crippen LogP contribution in [0.3, 0.4) is 0 Å². The normalized spacial score (nSPS) is 15.7. The van der Waals surface area contributed by atoms with Crippen LogP contribution in [-0.4, -0.2) is 54.4 Å². The van der Waals surface area contributed by atoms with Crippen molar-refractivity contribution in [2.24, 2.45) is 0 Å². The van der Waals surface area contributed by atoms with E-state index >= 15 is 0 Å². The van der Waals surface area contributed by atoms with E-state index in [1.165, 1.54) is 4.70 Å². The first-order chi connectivity index (χ1) is 10.7. The number of carbonyl (C=O) groups is 2. The number of hydrogen-bond donors (Lipinski definition) is 2. The molecule has 1 saturated heterocycles. The molecule has 116 valence electrons. The first-order valence-electron chi connectivity index (χ1n) is 7.31. The van der Waals surface area contributed by atoms with E-state index in [0.717, 1.165) is 23.5 Å². The van der Waals surface area contributed by atoms with Crippen LogP contribution >= 0.6 is 11.3 Å². The van der Waals surface area contributed by atoms with Gasteiger partial charge in [0.15, 0.2) is 0 Å². The molecular weight excluding hydrogens is 300 g/mol. The molecule has 0 atom stereocenters. The Hall–Kier alpha value is -1.99. The number of para-hydroxylation sites is 1. The minimum absolute atomic E-state index is 0.0199. The van der Waals surface area contributed by atoms with Crippen LogP contribution in [0.25, 0.3) is 10.2 Å². The molecule has 7 heteroatoms. The highest BCUT2D eigenvalue weighted by Gasteiger charge is 2.18. The molecule has 1 fully saturated rings. The van der Waals surface area contributed by atoms with Gasteiger partial charge in [-0.3, -0.25) is 14.5 Å². The Morgan fingerprint density at radius 1 is 1.41 bits per heavy atom. The molecule has 22 heavy (non-hydrogen) atoms. The minimum Gasteiger partial charge on any atom is -0.355 e. The first kappa shape index (κ1) is 14.9. The van der Waals surface area contributed by atoms with Crippen LogP contribution in [0, 0.1) is 0 Å². The highest BCUT2D eigenvalue weighted by atomic mass is 32.1. The van der Waals surface area contributed by atoms with Crippen LogP contribution in [-0.2, 0) is 16.0 Å². The van der Waals surface area contributed by atoms with Gasteiger partial charge in [0.2, 0.25) is 11.8 Å². The number of fused-ring (bicyclic) bond motifs is 1. The Morgan fingerprint density at radius 3 is 3.09 bits per heavy atom. The van der Waals surface area contributed by atoms with Crippen LogP contribution < -0.4 is 10.6 Å². The first-order valence-corrected chi connectivity index (χ1v) is 8.12. The molecule has 0 spiro atoms. The van der Waals surface area contributed by atoms with E-state index in [0.29, 0.717) is 19.6 Å². The molecule has 1 aromatic heterocycles. The molecule has 0 unspecified atom stereocenters. The molecule has 6 nitrogen and oxygen atoms in total. The van der Waals surface area contributed by atoms with Gasteiger partial charge in [0, 0.05) is 26.1 Å². The van der Waals surface area contributed by atoms with Gasteiger partial charge in [0.1, 0.15) is 0 Å². The highest BCUT2D eigenvalue weighted by molar-refractivity contribution is 7.18. The Balaban J connectivity index is 1.44. The lowest BCUT2D eigenvalue weighted by molar-refractivity contribution is -0.126. The molecule has 1 aliphatic heterocycles. The summed E-state index contributed by atoms with van der Waals surface area (Å²) >= 11 is 1.66. The summed E-state index contributed by atoms with van der Waals surface area (Å²) in [6, 6.07) is 8.02. The fraction of sp³-hybridized carbons (Fsp3) is 0.400. The third kappa shape index (κ3) is 3.80. The van der Waals surface area contributed by atoms with Gasteiger partial charge < -0.3 is 10.6 Å². The van der Waals surface area contributed by atoms with Crippen LogP contribution in [0.5, 0.6) is 0 Å². The smallest absolute Gasteiger partial charge is 0.234 e. The van der Waals surface area contributed by atoms with Crippen molar-refractivity contribution >= 4 is 33.4 Å². The number of thiazole rings is 1. The van der Waals surface area contributed by atoms with Crippen molar-refractivity contribution < 1.29 is 9.59 Å².